The van der Waals surface area contributed by atoms with Gasteiger partial charge < -0.3 is 0 Å². The van der Waals surface area contributed by atoms with Crippen LogP contribution in [0.15, 0.2) is 23.0 Å². The molecule has 1 aromatic heterocycles. The zero-order valence-electron chi connectivity index (χ0n) is 9.44. The van der Waals surface area contributed by atoms with E-state index in [0.717, 1.165) is 0 Å². The second kappa shape index (κ2) is 4.33. The summed E-state index contributed by atoms with van der Waals surface area (Å²) in [6, 6.07) is 4.15. The highest BCUT2D eigenvalue weighted by Crippen LogP contribution is 2.18. The van der Waals surface area contributed by atoms with Crippen LogP contribution < -0.4 is 5.69 Å². The molecule has 0 bridgehead atoms. The van der Waals surface area contributed by atoms with Gasteiger partial charge in [0.1, 0.15) is 11.6 Å². The van der Waals surface area contributed by atoms with Crippen molar-refractivity contribution in [1.82, 2.24) is 14.3 Å². The SMILES string of the molecule is CCc1nn(C)c(=O)n1-c1ccc(F)c(Cl)c1. The van der Waals surface area contributed by atoms with E-state index >= 15 is 0 Å². The molecule has 2 aromatic rings. The molecule has 0 saturated heterocycles. The zero-order chi connectivity index (χ0) is 12.6. The number of halogens is 2. The van der Waals surface area contributed by atoms with Gasteiger partial charge in [-0.25, -0.2) is 18.4 Å². The van der Waals surface area contributed by atoms with Gasteiger partial charge in [0.05, 0.1) is 10.7 Å². The summed E-state index contributed by atoms with van der Waals surface area (Å²) in [4.78, 5) is 11.9. The van der Waals surface area contributed by atoms with Crippen molar-refractivity contribution < 1.29 is 4.39 Å². The number of aryl methyl sites for hydroxylation is 2. The van der Waals surface area contributed by atoms with Crippen LogP contribution in [0, 0.1) is 5.82 Å². The standard InChI is InChI=1S/C11H11ClFN3O/c1-3-10-14-15(2)11(17)16(10)7-4-5-9(13)8(12)6-7/h4-6H,3H2,1-2H3. The number of aromatic nitrogens is 3. The highest BCUT2D eigenvalue weighted by molar-refractivity contribution is 6.30. The summed E-state index contributed by atoms with van der Waals surface area (Å²) in [5.74, 6) is 0.102. The van der Waals surface area contributed by atoms with E-state index in [1.165, 1.54) is 27.4 Å². The monoisotopic (exact) mass is 255 g/mol. The molecule has 6 heteroatoms. The largest absolute Gasteiger partial charge is 0.350 e. The van der Waals surface area contributed by atoms with Gasteiger partial charge >= 0.3 is 5.69 Å². The van der Waals surface area contributed by atoms with Gasteiger partial charge in [-0.2, -0.15) is 5.10 Å². The molecule has 90 valence electrons. The van der Waals surface area contributed by atoms with E-state index in [9.17, 15) is 9.18 Å². The third-order valence-electron chi connectivity index (χ3n) is 2.47. The van der Waals surface area contributed by atoms with Crippen LogP contribution in [0.1, 0.15) is 12.7 Å². The topological polar surface area (TPSA) is 39.8 Å². The lowest BCUT2D eigenvalue weighted by molar-refractivity contribution is 0.627. The lowest BCUT2D eigenvalue weighted by Gasteiger charge is -2.04. The molecule has 17 heavy (non-hydrogen) atoms. The van der Waals surface area contributed by atoms with Crippen molar-refractivity contribution in [2.75, 3.05) is 0 Å². The Balaban J connectivity index is 2.67. The Labute approximate surface area is 102 Å². The van der Waals surface area contributed by atoms with Gasteiger partial charge in [0, 0.05) is 13.5 Å². The summed E-state index contributed by atoms with van der Waals surface area (Å²) < 4.78 is 15.7. The van der Waals surface area contributed by atoms with Gasteiger partial charge in [-0.05, 0) is 18.2 Å². The first-order valence-corrected chi connectivity index (χ1v) is 5.52. The molecule has 0 saturated carbocycles. The van der Waals surface area contributed by atoms with Crippen LogP contribution in [-0.4, -0.2) is 14.3 Å². The van der Waals surface area contributed by atoms with Gasteiger partial charge in [0.25, 0.3) is 0 Å². The lowest BCUT2D eigenvalue weighted by atomic mass is 10.3. The summed E-state index contributed by atoms with van der Waals surface area (Å²) in [6.45, 7) is 1.89. The first kappa shape index (κ1) is 11.9. The molecule has 4 nitrogen and oxygen atoms in total. The Kier molecular flexibility index (Phi) is 3.02. The molecule has 0 spiro atoms. The van der Waals surface area contributed by atoms with Gasteiger partial charge in [0.2, 0.25) is 0 Å². The van der Waals surface area contributed by atoms with Crippen molar-refractivity contribution in [2.24, 2.45) is 7.05 Å². The maximum Gasteiger partial charge on any atom is 0.350 e. The predicted molar refractivity (Wildman–Crippen MR) is 63.2 cm³/mol. The zero-order valence-corrected chi connectivity index (χ0v) is 10.2. The van der Waals surface area contributed by atoms with E-state index in [-0.39, 0.29) is 10.7 Å². The molecular formula is C11H11ClFN3O. The Bertz CT molecular complexity index is 618. The van der Waals surface area contributed by atoms with Gasteiger partial charge in [-0.15, -0.1) is 0 Å². The van der Waals surface area contributed by atoms with E-state index in [1.807, 2.05) is 6.92 Å². The molecule has 0 N–H and O–H groups in total. The molecule has 1 aromatic carbocycles. The minimum absolute atomic E-state index is 0.0136. The maximum atomic E-state index is 13.1. The first-order chi connectivity index (χ1) is 8.04. The predicted octanol–water partition coefficient (Wildman–Crippen LogP) is 1.93. The van der Waals surface area contributed by atoms with Crippen molar-refractivity contribution in [1.29, 1.82) is 0 Å². The Morgan fingerprint density at radius 1 is 1.47 bits per heavy atom. The van der Waals surface area contributed by atoms with Crippen LogP contribution in [0.4, 0.5) is 4.39 Å². The van der Waals surface area contributed by atoms with Crippen molar-refractivity contribution in [2.45, 2.75) is 13.3 Å². The molecule has 0 aliphatic heterocycles. The maximum absolute atomic E-state index is 13.1. The van der Waals surface area contributed by atoms with Crippen LogP contribution in [0.25, 0.3) is 5.69 Å². The van der Waals surface area contributed by atoms with E-state index in [1.54, 1.807) is 7.05 Å². The van der Waals surface area contributed by atoms with Crippen LogP contribution >= 0.6 is 11.6 Å². The minimum Gasteiger partial charge on any atom is -0.247 e. The second-order valence-corrected chi connectivity index (χ2v) is 4.02. The minimum atomic E-state index is -0.509. The summed E-state index contributed by atoms with van der Waals surface area (Å²) >= 11 is 5.70. The van der Waals surface area contributed by atoms with Crippen LogP contribution in [0.3, 0.4) is 0 Å². The molecule has 0 aliphatic carbocycles. The Hall–Kier alpha value is -1.62. The average Bonchev–Trinajstić information content (AvgIpc) is 2.59. The van der Waals surface area contributed by atoms with Crippen molar-refractivity contribution >= 4 is 11.6 Å². The van der Waals surface area contributed by atoms with Gasteiger partial charge in [-0.3, -0.25) is 0 Å². The summed E-state index contributed by atoms with van der Waals surface area (Å²) in [7, 11) is 1.57. The molecule has 0 unspecified atom stereocenters. The molecule has 0 amide bonds. The van der Waals surface area contributed by atoms with Crippen molar-refractivity contribution in [3.05, 3.63) is 45.3 Å². The van der Waals surface area contributed by atoms with E-state index in [0.29, 0.717) is 17.9 Å². The van der Waals surface area contributed by atoms with Gasteiger partial charge in [-0.1, -0.05) is 18.5 Å². The highest BCUT2D eigenvalue weighted by Gasteiger charge is 2.12. The number of benzene rings is 1. The molecule has 0 fully saturated rings. The summed E-state index contributed by atoms with van der Waals surface area (Å²) in [5, 5.41) is 4.07. The third-order valence-corrected chi connectivity index (χ3v) is 2.76. The third kappa shape index (κ3) is 1.98. The highest BCUT2D eigenvalue weighted by atomic mass is 35.5. The Morgan fingerprint density at radius 3 is 2.76 bits per heavy atom. The molecule has 0 aliphatic rings. The van der Waals surface area contributed by atoms with Crippen LogP contribution in [-0.2, 0) is 13.5 Å². The fourth-order valence-corrected chi connectivity index (χ4v) is 1.80. The number of hydrogen-bond donors (Lipinski definition) is 0. The molecule has 0 radical (unpaired) electrons. The molecule has 2 rings (SSSR count). The molecule has 1 heterocycles. The number of nitrogens with zero attached hydrogens (tertiary/aromatic N) is 3. The second-order valence-electron chi connectivity index (χ2n) is 3.61. The smallest absolute Gasteiger partial charge is 0.247 e. The average molecular weight is 256 g/mol. The van der Waals surface area contributed by atoms with E-state index in [2.05, 4.69) is 5.10 Å². The van der Waals surface area contributed by atoms with Gasteiger partial charge in [0.15, 0.2) is 0 Å². The van der Waals surface area contributed by atoms with Crippen LogP contribution in [0.5, 0.6) is 0 Å². The molecular weight excluding hydrogens is 245 g/mol. The fraction of sp³-hybridized carbons (Fsp3) is 0.273. The molecule has 0 atom stereocenters. The normalized spacial score (nSPS) is 10.8. The number of hydrogen-bond acceptors (Lipinski definition) is 2. The fourth-order valence-electron chi connectivity index (χ4n) is 1.63. The van der Waals surface area contributed by atoms with E-state index in [4.69, 9.17) is 11.6 Å². The lowest BCUT2D eigenvalue weighted by Crippen LogP contribution is -2.22. The van der Waals surface area contributed by atoms with Crippen LogP contribution in [0.2, 0.25) is 5.02 Å². The number of rotatable bonds is 2. The Morgan fingerprint density at radius 2 is 2.18 bits per heavy atom. The summed E-state index contributed by atoms with van der Waals surface area (Å²) in [5.41, 5.74) is 0.246. The quantitative estimate of drug-likeness (QED) is 0.823. The first-order valence-electron chi connectivity index (χ1n) is 5.15. The van der Waals surface area contributed by atoms with E-state index < -0.39 is 5.82 Å². The van der Waals surface area contributed by atoms with Crippen molar-refractivity contribution in [3.8, 4) is 5.69 Å². The van der Waals surface area contributed by atoms with Crippen molar-refractivity contribution in [3.63, 3.8) is 0 Å². The summed E-state index contributed by atoms with van der Waals surface area (Å²) in [6.07, 6.45) is 0.602.